The van der Waals surface area contributed by atoms with Crippen LogP contribution in [0.1, 0.15) is 34.2 Å². The van der Waals surface area contributed by atoms with E-state index in [2.05, 4.69) is 14.7 Å². The zero-order valence-corrected chi connectivity index (χ0v) is 10.6. The van der Waals surface area contributed by atoms with Crippen molar-refractivity contribution in [2.45, 2.75) is 12.3 Å². The van der Waals surface area contributed by atoms with Crippen LogP contribution in [0.3, 0.4) is 0 Å². The maximum absolute atomic E-state index is 11.4. The van der Waals surface area contributed by atoms with E-state index < -0.39 is 5.97 Å². The minimum Gasteiger partial charge on any atom is -0.493 e. The number of hydrogen-bond donors (Lipinski definition) is 1. The van der Waals surface area contributed by atoms with Gasteiger partial charge in [-0.1, -0.05) is 18.2 Å². The lowest BCUT2D eigenvalue weighted by Gasteiger charge is -2.24. The van der Waals surface area contributed by atoms with E-state index in [1.807, 2.05) is 24.3 Å². The molecule has 0 saturated carbocycles. The Kier molecular flexibility index (Phi) is 2.95. The number of aromatic amines is 1. The standard InChI is InChI=1S/C14H14N2O3/c1-18-14(17)11-8-15-13(16-11)10-6-7-19-12-5-3-2-4-9(10)12/h2-5,8,10H,6-7H2,1H3,(H,15,16). The van der Waals surface area contributed by atoms with E-state index in [9.17, 15) is 4.79 Å². The molecule has 2 aromatic rings. The molecule has 1 N–H and O–H groups in total. The smallest absolute Gasteiger partial charge is 0.356 e. The van der Waals surface area contributed by atoms with E-state index in [0.29, 0.717) is 12.3 Å². The molecule has 1 aliphatic heterocycles. The van der Waals surface area contributed by atoms with Gasteiger partial charge >= 0.3 is 5.97 Å². The normalized spacial score (nSPS) is 17.4. The molecule has 98 valence electrons. The van der Waals surface area contributed by atoms with Crippen LogP contribution in [0.4, 0.5) is 0 Å². The number of benzene rings is 1. The van der Waals surface area contributed by atoms with Crippen LogP contribution in [0.15, 0.2) is 30.5 Å². The number of hydrogen-bond acceptors (Lipinski definition) is 4. The van der Waals surface area contributed by atoms with Gasteiger partial charge in [0.1, 0.15) is 17.3 Å². The maximum Gasteiger partial charge on any atom is 0.356 e. The fourth-order valence-corrected chi connectivity index (χ4v) is 2.35. The summed E-state index contributed by atoms with van der Waals surface area (Å²) in [5, 5.41) is 0. The molecule has 5 heteroatoms. The van der Waals surface area contributed by atoms with Crippen LogP contribution in [0, 0.1) is 0 Å². The molecular formula is C14H14N2O3. The Morgan fingerprint density at radius 3 is 3.16 bits per heavy atom. The average molecular weight is 258 g/mol. The van der Waals surface area contributed by atoms with Gasteiger partial charge in [0.05, 0.1) is 19.9 Å². The van der Waals surface area contributed by atoms with Crippen molar-refractivity contribution >= 4 is 5.97 Å². The predicted molar refractivity (Wildman–Crippen MR) is 68.3 cm³/mol. The first-order chi connectivity index (χ1) is 9.29. The van der Waals surface area contributed by atoms with Gasteiger partial charge in [0.25, 0.3) is 0 Å². The zero-order valence-electron chi connectivity index (χ0n) is 10.6. The lowest BCUT2D eigenvalue weighted by molar-refractivity contribution is 0.0594. The minimum atomic E-state index is -0.404. The Hall–Kier alpha value is -2.30. The van der Waals surface area contributed by atoms with Gasteiger partial charge in [-0.25, -0.2) is 9.78 Å². The van der Waals surface area contributed by atoms with Crippen LogP contribution in [0.5, 0.6) is 5.75 Å². The molecular weight excluding hydrogens is 244 g/mol. The summed E-state index contributed by atoms with van der Waals surface area (Å²) >= 11 is 0. The highest BCUT2D eigenvalue weighted by Gasteiger charge is 2.25. The first-order valence-corrected chi connectivity index (χ1v) is 6.14. The van der Waals surface area contributed by atoms with Gasteiger partial charge in [0.2, 0.25) is 0 Å². The van der Waals surface area contributed by atoms with Crippen LogP contribution in [0.2, 0.25) is 0 Å². The molecule has 0 spiro atoms. The molecule has 19 heavy (non-hydrogen) atoms. The molecule has 0 fully saturated rings. The largest absolute Gasteiger partial charge is 0.493 e. The molecule has 1 aromatic carbocycles. The fraction of sp³-hybridized carbons (Fsp3) is 0.286. The van der Waals surface area contributed by atoms with Crippen molar-refractivity contribution in [1.82, 2.24) is 9.97 Å². The van der Waals surface area contributed by atoms with Crippen molar-refractivity contribution in [2.24, 2.45) is 0 Å². The van der Waals surface area contributed by atoms with Gasteiger partial charge in [-0.3, -0.25) is 0 Å². The quantitative estimate of drug-likeness (QED) is 0.838. The molecule has 0 radical (unpaired) electrons. The van der Waals surface area contributed by atoms with Crippen LogP contribution >= 0.6 is 0 Å². The van der Waals surface area contributed by atoms with Crippen molar-refractivity contribution in [2.75, 3.05) is 13.7 Å². The number of para-hydroxylation sites is 1. The first-order valence-electron chi connectivity index (χ1n) is 6.14. The number of methoxy groups -OCH3 is 1. The van der Waals surface area contributed by atoms with Gasteiger partial charge in [0.15, 0.2) is 0 Å². The number of H-pyrrole nitrogens is 1. The molecule has 2 heterocycles. The van der Waals surface area contributed by atoms with E-state index in [0.717, 1.165) is 23.6 Å². The van der Waals surface area contributed by atoms with E-state index in [1.54, 1.807) is 0 Å². The number of rotatable bonds is 2. The molecule has 0 aliphatic carbocycles. The van der Waals surface area contributed by atoms with Crippen LogP contribution in [-0.2, 0) is 4.74 Å². The van der Waals surface area contributed by atoms with E-state index in [-0.39, 0.29) is 5.92 Å². The molecule has 5 nitrogen and oxygen atoms in total. The third-order valence-electron chi connectivity index (χ3n) is 3.29. The van der Waals surface area contributed by atoms with Gasteiger partial charge < -0.3 is 14.5 Å². The van der Waals surface area contributed by atoms with Crippen molar-refractivity contribution in [1.29, 1.82) is 0 Å². The molecule has 1 aromatic heterocycles. The third kappa shape index (κ3) is 2.07. The van der Waals surface area contributed by atoms with Crippen molar-refractivity contribution < 1.29 is 14.3 Å². The predicted octanol–water partition coefficient (Wildman–Crippen LogP) is 2.11. The summed E-state index contributed by atoms with van der Waals surface area (Å²) in [4.78, 5) is 18.8. The lowest BCUT2D eigenvalue weighted by Crippen LogP contribution is -2.16. The molecule has 0 bridgehead atoms. The number of esters is 1. The SMILES string of the molecule is COC(=O)c1cnc(C2CCOc3ccccc32)[nH]1. The molecule has 3 rings (SSSR count). The summed E-state index contributed by atoms with van der Waals surface area (Å²) in [6.07, 6.45) is 2.35. The number of nitrogens with one attached hydrogen (secondary N) is 1. The van der Waals surface area contributed by atoms with E-state index in [4.69, 9.17) is 4.74 Å². The summed E-state index contributed by atoms with van der Waals surface area (Å²) in [6, 6.07) is 7.90. The third-order valence-corrected chi connectivity index (χ3v) is 3.29. The number of aromatic nitrogens is 2. The summed E-state index contributed by atoms with van der Waals surface area (Å²) in [5.74, 6) is 1.38. The second kappa shape index (κ2) is 4.76. The fourth-order valence-electron chi connectivity index (χ4n) is 2.35. The van der Waals surface area contributed by atoms with Crippen LogP contribution < -0.4 is 4.74 Å². The second-order valence-electron chi connectivity index (χ2n) is 4.40. The monoisotopic (exact) mass is 258 g/mol. The zero-order chi connectivity index (χ0) is 13.2. The van der Waals surface area contributed by atoms with Gasteiger partial charge in [-0.15, -0.1) is 0 Å². The molecule has 1 aliphatic rings. The van der Waals surface area contributed by atoms with Crippen molar-refractivity contribution in [3.8, 4) is 5.75 Å². The average Bonchev–Trinajstić information content (AvgIpc) is 2.95. The number of fused-ring (bicyclic) bond motifs is 1. The van der Waals surface area contributed by atoms with Gasteiger partial charge in [-0.2, -0.15) is 0 Å². The maximum atomic E-state index is 11.4. The van der Waals surface area contributed by atoms with Gasteiger partial charge in [-0.05, 0) is 12.5 Å². The van der Waals surface area contributed by atoms with Crippen molar-refractivity contribution in [3.63, 3.8) is 0 Å². The Bertz CT molecular complexity index is 606. The summed E-state index contributed by atoms with van der Waals surface area (Å²) < 4.78 is 10.3. The number of imidazole rings is 1. The van der Waals surface area contributed by atoms with E-state index in [1.165, 1.54) is 13.3 Å². The topological polar surface area (TPSA) is 64.2 Å². The number of carbonyl (C=O) groups is 1. The Morgan fingerprint density at radius 1 is 1.47 bits per heavy atom. The molecule has 0 amide bonds. The van der Waals surface area contributed by atoms with E-state index >= 15 is 0 Å². The Morgan fingerprint density at radius 2 is 2.32 bits per heavy atom. The number of nitrogens with zero attached hydrogens (tertiary/aromatic N) is 1. The summed E-state index contributed by atoms with van der Waals surface area (Å²) in [7, 11) is 1.35. The second-order valence-corrected chi connectivity index (χ2v) is 4.40. The summed E-state index contributed by atoms with van der Waals surface area (Å²) in [5.41, 5.74) is 1.47. The minimum absolute atomic E-state index is 0.128. The highest BCUT2D eigenvalue weighted by atomic mass is 16.5. The van der Waals surface area contributed by atoms with Crippen LogP contribution in [-0.4, -0.2) is 29.7 Å². The lowest BCUT2D eigenvalue weighted by atomic mass is 9.92. The molecule has 0 saturated heterocycles. The highest BCUT2D eigenvalue weighted by molar-refractivity contribution is 5.86. The summed E-state index contributed by atoms with van der Waals surface area (Å²) in [6.45, 7) is 0.649. The van der Waals surface area contributed by atoms with Crippen molar-refractivity contribution in [3.05, 3.63) is 47.5 Å². The Labute approximate surface area is 110 Å². The first kappa shape index (κ1) is 11.8. The van der Waals surface area contributed by atoms with Gasteiger partial charge in [0, 0.05) is 11.5 Å². The molecule has 1 unspecified atom stereocenters. The highest BCUT2D eigenvalue weighted by Crippen LogP contribution is 2.36. The number of carbonyl (C=O) groups excluding carboxylic acids is 1. The Balaban J connectivity index is 1.95. The number of ether oxygens (including phenoxy) is 2. The van der Waals surface area contributed by atoms with Crippen LogP contribution in [0.25, 0.3) is 0 Å². The molecule has 1 atom stereocenters.